The Hall–Kier alpha value is -1.71. The van der Waals surface area contributed by atoms with Crippen molar-refractivity contribution < 1.29 is 20.1 Å². The fourth-order valence-corrected chi connectivity index (χ4v) is 3.60. The number of hydrogen-bond donors (Lipinski definition) is 2. The number of aromatic hydroxyl groups is 2. The van der Waals surface area contributed by atoms with Crippen molar-refractivity contribution in [2.45, 2.75) is 9.71 Å². The first-order chi connectivity index (χ1) is 12.3. The van der Waals surface area contributed by atoms with Gasteiger partial charge in [0.25, 0.3) is 0 Å². The zero-order chi connectivity index (χ0) is 20.7. The van der Waals surface area contributed by atoms with E-state index < -0.39 is 42.4 Å². The largest absolute Gasteiger partial charge is 0.502 e. The molecule has 0 aliphatic heterocycles. The molecule has 2 rings (SSSR count). The van der Waals surface area contributed by atoms with Crippen molar-refractivity contribution in [1.82, 2.24) is 0 Å². The number of halogens is 5. The van der Waals surface area contributed by atoms with Crippen molar-refractivity contribution in [3.63, 3.8) is 0 Å². The summed E-state index contributed by atoms with van der Waals surface area (Å²) in [7, 11) is 0. The molecule has 0 spiro atoms. The van der Waals surface area contributed by atoms with Crippen LogP contribution in [0.2, 0.25) is 10.0 Å². The average molecular weight is 476 g/mol. The van der Waals surface area contributed by atoms with Crippen LogP contribution in [0.3, 0.4) is 0 Å². The van der Waals surface area contributed by atoms with E-state index in [1.807, 2.05) is 0 Å². The van der Waals surface area contributed by atoms with Crippen molar-refractivity contribution in [2.75, 3.05) is 0 Å². The Kier molecular flexibility index (Phi) is 6.18. The maximum atomic E-state index is 11.1. The monoisotopic (exact) mass is 474 g/mol. The first kappa shape index (κ1) is 21.6. The van der Waals surface area contributed by atoms with Crippen molar-refractivity contribution in [3.8, 4) is 11.5 Å². The van der Waals surface area contributed by atoms with Crippen LogP contribution in [0, 0.1) is 20.2 Å². The molecule has 0 aromatic heterocycles. The van der Waals surface area contributed by atoms with Gasteiger partial charge in [-0.15, -0.1) is 0 Å². The Morgan fingerprint density at radius 1 is 0.815 bits per heavy atom. The smallest absolute Gasteiger partial charge is 0.312 e. The molecule has 144 valence electrons. The SMILES string of the molecule is O=[N+]([O-])c1cc(Cl)cc(C(c2cc(Cl)cc([N+](=O)[O-])c2O)C(Cl)(Cl)Cl)c1O. The van der Waals surface area contributed by atoms with Gasteiger partial charge in [0.2, 0.25) is 3.79 Å². The summed E-state index contributed by atoms with van der Waals surface area (Å²) < 4.78 is -2.31. The van der Waals surface area contributed by atoms with Crippen LogP contribution in [0.15, 0.2) is 24.3 Å². The summed E-state index contributed by atoms with van der Waals surface area (Å²) in [5.41, 5.74) is -2.26. The molecule has 0 fully saturated rings. The van der Waals surface area contributed by atoms with Crippen molar-refractivity contribution in [2.24, 2.45) is 0 Å². The maximum absolute atomic E-state index is 11.1. The van der Waals surface area contributed by atoms with Crippen molar-refractivity contribution in [3.05, 3.63) is 65.7 Å². The van der Waals surface area contributed by atoms with E-state index in [-0.39, 0.29) is 21.2 Å². The Morgan fingerprint density at radius 3 is 1.41 bits per heavy atom. The summed E-state index contributed by atoms with van der Waals surface area (Å²) in [5, 5.41) is 42.5. The number of phenols is 2. The van der Waals surface area contributed by atoms with E-state index in [2.05, 4.69) is 0 Å². The molecule has 0 atom stereocenters. The summed E-state index contributed by atoms with van der Waals surface area (Å²) in [6.45, 7) is 0. The van der Waals surface area contributed by atoms with Gasteiger partial charge in [-0.05, 0) is 12.1 Å². The predicted octanol–water partition coefficient (Wildman–Crippen LogP) is 5.72. The molecule has 0 saturated heterocycles. The number of benzene rings is 2. The summed E-state index contributed by atoms with van der Waals surface area (Å²) in [6, 6.07) is 3.89. The van der Waals surface area contributed by atoms with E-state index in [0.29, 0.717) is 0 Å². The van der Waals surface area contributed by atoms with Gasteiger partial charge in [0.05, 0.1) is 15.8 Å². The second-order valence-electron chi connectivity index (χ2n) is 5.21. The van der Waals surface area contributed by atoms with Gasteiger partial charge in [-0.2, -0.15) is 0 Å². The Bertz CT molecular complexity index is 877. The summed E-state index contributed by atoms with van der Waals surface area (Å²) in [6.07, 6.45) is 0. The highest BCUT2D eigenvalue weighted by Crippen LogP contribution is 2.53. The normalized spacial score (nSPS) is 11.6. The van der Waals surface area contributed by atoms with E-state index in [0.717, 1.165) is 24.3 Å². The van der Waals surface area contributed by atoms with Crippen LogP contribution in [0.25, 0.3) is 0 Å². The topological polar surface area (TPSA) is 127 Å². The van der Waals surface area contributed by atoms with Crippen LogP contribution in [0.5, 0.6) is 11.5 Å². The molecular formula is C14H7Cl5N2O6. The first-order valence-corrected chi connectivity index (χ1v) is 8.63. The number of phenolic OH excluding ortho intramolecular Hbond substituents is 2. The van der Waals surface area contributed by atoms with Crippen LogP contribution in [-0.4, -0.2) is 23.9 Å². The fraction of sp³-hybridized carbons (Fsp3) is 0.143. The summed E-state index contributed by atoms with van der Waals surface area (Å²) in [5.74, 6) is -3.36. The van der Waals surface area contributed by atoms with Crippen LogP contribution < -0.4 is 0 Å². The number of rotatable bonds is 4. The van der Waals surface area contributed by atoms with E-state index in [9.17, 15) is 30.4 Å². The first-order valence-electron chi connectivity index (χ1n) is 6.75. The summed E-state index contributed by atoms with van der Waals surface area (Å²) >= 11 is 29.6. The van der Waals surface area contributed by atoms with Gasteiger partial charge >= 0.3 is 11.4 Å². The van der Waals surface area contributed by atoms with E-state index in [1.165, 1.54) is 0 Å². The molecule has 0 heterocycles. The second kappa shape index (κ2) is 7.73. The number of nitro benzene ring substituents is 2. The summed E-state index contributed by atoms with van der Waals surface area (Å²) in [4.78, 5) is 20.4. The minimum absolute atomic E-state index is 0.176. The molecule has 0 saturated carbocycles. The van der Waals surface area contributed by atoms with Gasteiger partial charge < -0.3 is 10.2 Å². The molecule has 27 heavy (non-hydrogen) atoms. The third-order valence-corrected chi connectivity index (χ3v) is 4.60. The van der Waals surface area contributed by atoms with Crippen molar-refractivity contribution in [1.29, 1.82) is 0 Å². The number of hydrogen-bond acceptors (Lipinski definition) is 6. The van der Waals surface area contributed by atoms with Gasteiger partial charge in [-0.3, -0.25) is 20.2 Å². The van der Waals surface area contributed by atoms with Crippen LogP contribution in [0.1, 0.15) is 17.0 Å². The molecule has 2 aromatic rings. The lowest BCUT2D eigenvalue weighted by atomic mass is 9.90. The highest BCUT2D eigenvalue weighted by atomic mass is 35.6. The molecular weight excluding hydrogens is 469 g/mol. The molecule has 2 N–H and O–H groups in total. The molecule has 0 aliphatic rings. The molecule has 0 unspecified atom stereocenters. The number of nitrogens with zero attached hydrogens (tertiary/aromatic N) is 2. The van der Waals surface area contributed by atoms with Gasteiger partial charge in [0, 0.05) is 33.3 Å². The lowest BCUT2D eigenvalue weighted by Crippen LogP contribution is -2.19. The third-order valence-electron chi connectivity index (χ3n) is 3.51. The lowest BCUT2D eigenvalue weighted by Gasteiger charge is -2.26. The number of alkyl halides is 3. The fourth-order valence-electron chi connectivity index (χ4n) is 2.45. The van der Waals surface area contributed by atoms with Crippen LogP contribution >= 0.6 is 58.0 Å². The molecule has 8 nitrogen and oxygen atoms in total. The third kappa shape index (κ3) is 4.41. The second-order valence-corrected chi connectivity index (χ2v) is 8.46. The zero-order valence-electron chi connectivity index (χ0n) is 12.7. The Morgan fingerprint density at radius 2 is 1.15 bits per heavy atom. The molecule has 0 bridgehead atoms. The quantitative estimate of drug-likeness (QED) is 0.330. The Labute approximate surface area is 176 Å². The number of nitro groups is 2. The minimum Gasteiger partial charge on any atom is -0.502 e. The van der Waals surface area contributed by atoms with E-state index in [1.54, 1.807) is 0 Å². The van der Waals surface area contributed by atoms with Crippen molar-refractivity contribution >= 4 is 69.4 Å². The lowest BCUT2D eigenvalue weighted by molar-refractivity contribution is -0.386. The highest BCUT2D eigenvalue weighted by Gasteiger charge is 2.42. The highest BCUT2D eigenvalue weighted by molar-refractivity contribution is 6.68. The molecule has 2 aromatic carbocycles. The maximum Gasteiger partial charge on any atom is 0.312 e. The van der Waals surface area contributed by atoms with E-state index in [4.69, 9.17) is 58.0 Å². The molecule has 13 heteroatoms. The Balaban J connectivity index is 2.89. The average Bonchev–Trinajstić information content (AvgIpc) is 2.51. The van der Waals surface area contributed by atoms with Gasteiger partial charge in [0.15, 0.2) is 11.5 Å². The zero-order valence-corrected chi connectivity index (χ0v) is 16.5. The molecule has 0 amide bonds. The standard InChI is InChI=1S/C14H7Cl5N2O6/c15-5-1-7(12(22)9(3-5)20(24)25)11(14(17,18)19)8-2-6(16)4-10(13(8)23)21(26)27/h1-4,11,22-23H. The van der Waals surface area contributed by atoms with Gasteiger partial charge in [0.1, 0.15) is 0 Å². The predicted molar refractivity (Wildman–Crippen MR) is 102 cm³/mol. The van der Waals surface area contributed by atoms with E-state index >= 15 is 0 Å². The van der Waals surface area contributed by atoms with Gasteiger partial charge in [-0.1, -0.05) is 58.0 Å². The van der Waals surface area contributed by atoms with Crippen LogP contribution in [0.4, 0.5) is 11.4 Å². The van der Waals surface area contributed by atoms with Gasteiger partial charge in [-0.25, -0.2) is 0 Å². The van der Waals surface area contributed by atoms with Crippen LogP contribution in [-0.2, 0) is 0 Å². The molecule has 0 radical (unpaired) electrons. The minimum atomic E-state index is -2.31. The molecule has 0 aliphatic carbocycles.